The van der Waals surface area contributed by atoms with E-state index in [1.54, 1.807) is 24.3 Å². The van der Waals surface area contributed by atoms with E-state index in [4.69, 9.17) is 5.73 Å². The topological polar surface area (TPSA) is 127 Å². The minimum absolute atomic E-state index is 0.0220. The molecule has 0 bridgehead atoms. The number of alkyl halides is 3. The maximum Gasteiger partial charge on any atom is 0.408 e. The molecule has 4 rings (SSSR count). The SMILES string of the molecule is C[C@@H]1C[C@@H](C(=O)Nc2ccn(CC(F)(F)F)n2)N(C(=O)Nc2cn(C(N)=O)c3ccccc23)[C@@H]1C. The lowest BCUT2D eigenvalue weighted by molar-refractivity contribution is -0.142. The first-order valence-corrected chi connectivity index (χ1v) is 10.8. The summed E-state index contributed by atoms with van der Waals surface area (Å²) < 4.78 is 39.6. The number of aromatic nitrogens is 3. The van der Waals surface area contributed by atoms with Crippen molar-refractivity contribution in [2.45, 2.75) is 45.1 Å². The van der Waals surface area contributed by atoms with Crippen LogP contribution in [-0.2, 0) is 11.3 Å². The molecule has 0 spiro atoms. The van der Waals surface area contributed by atoms with Gasteiger partial charge in [0.15, 0.2) is 5.82 Å². The number of rotatable bonds is 4. The van der Waals surface area contributed by atoms with Crippen LogP contribution in [0, 0.1) is 5.92 Å². The number of hydrogen-bond acceptors (Lipinski definition) is 4. The number of likely N-dealkylation sites (tertiary alicyclic amines) is 1. The number of halogens is 3. The highest BCUT2D eigenvalue weighted by Gasteiger charge is 2.43. The van der Waals surface area contributed by atoms with Crippen LogP contribution in [0.2, 0.25) is 0 Å². The zero-order valence-electron chi connectivity index (χ0n) is 18.9. The highest BCUT2D eigenvalue weighted by molar-refractivity contribution is 6.06. The van der Waals surface area contributed by atoms with Gasteiger partial charge in [0.2, 0.25) is 5.91 Å². The summed E-state index contributed by atoms with van der Waals surface area (Å²) in [5.41, 5.74) is 6.30. The maximum atomic E-state index is 13.3. The number of carbonyl (C=O) groups excluding carboxylic acids is 3. The van der Waals surface area contributed by atoms with Gasteiger partial charge in [-0.25, -0.2) is 9.59 Å². The molecule has 4 N–H and O–H groups in total. The minimum Gasteiger partial charge on any atom is -0.351 e. The number of carbonyl (C=O) groups is 3. The molecule has 3 atom stereocenters. The molecule has 186 valence electrons. The van der Waals surface area contributed by atoms with Gasteiger partial charge in [-0.15, -0.1) is 0 Å². The van der Waals surface area contributed by atoms with E-state index < -0.39 is 36.7 Å². The fourth-order valence-corrected chi connectivity index (χ4v) is 4.33. The van der Waals surface area contributed by atoms with Crippen LogP contribution in [0.3, 0.4) is 0 Å². The second-order valence-electron chi connectivity index (χ2n) is 8.58. The maximum absolute atomic E-state index is 13.3. The fraction of sp³-hybridized carbons (Fsp3) is 0.364. The van der Waals surface area contributed by atoms with Gasteiger partial charge in [0.25, 0.3) is 0 Å². The van der Waals surface area contributed by atoms with Crippen LogP contribution in [-0.4, -0.2) is 55.5 Å². The van der Waals surface area contributed by atoms with E-state index in [0.29, 0.717) is 27.7 Å². The number of urea groups is 1. The molecular weight excluding hydrogens is 467 g/mol. The summed E-state index contributed by atoms with van der Waals surface area (Å²) in [7, 11) is 0. The Kier molecular flexibility index (Phi) is 6.17. The number of amides is 4. The molecular formula is C22H24F3N7O3. The molecule has 0 saturated carbocycles. The second kappa shape index (κ2) is 8.96. The van der Waals surface area contributed by atoms with Gasteiger partial charge in [-0.05, 0) is 25.3 Å². The monoisotopic (exact) mass is 491 g/mol. The van der Waals surface area contributed by atoms with Crippen molar-refractivity contribution in [2.24, 2.45) is 11.7 Å². The van der Waals surface area contributed by atoms with Crippen LogP contribution in [0.4, 0.5) is 34.3 Å². The molecule has 10 nitrogen and oxygen atoms in total. The minimum atomic E-state index is -4.45. The highest BCUT2D eigenvalue weighted by atomic mass is 19.4. The van der Waals surface area contributed by atoms with Gasteiger partial charge in [-0.2, -0.15) is 18.3 Å². The number of nitrogens with two attached hydrogens (primary N) is 1. The number of fused-ring (bicyclic) bond motifs is 1. The summed E-state index contributed by atoms with van der Waals surface area (Å²) in [5, 5.41) is 9.60. The van der Waals surface area contributed by atoms with Gasteiger partial charge in [-0.3, -0.25) is 14.0 Å². The van der Waals surface area contributed by atoms with Crippen molar-refractivity contribution < 1.29 is 27.6 Å². The Morgan fingerprint density at radius 1 is 1.14 bits per heavy atom. The van der Waals surface area contributed by atoms with E-state index in [1.165, 1.54) is 21.7 Å². The van der Waals surface area contributed by atoms with Crippen molar-refractivity contribution in [1.29, 1.82) is 0 Å². The molecule has 1 fully saturated rings. The molecule has 3 heterocycles. The molecule has 1 aliphatic heterocycles. The standard InChI is InChI=1S/C22H24F3N7O3/c1-12-9-17(19(33)28-18-7-8-30(29-18)11-22(23,24)25)32(13(12)2)21(35)27-15-10-31(20(26)34)16-6-4-3-5-14(15)16/h3-8,10,12-13,17H,9,11H2,1-2H3,(H2,26,34)(H,27,35)(H,28,29,33)/t12-,13-,17+/m1/s1. The molecule has 3 aromatic rings. The van der Waals surface area contributed by atoms with E-state index in [2.05, 4.69) is 15.7 Å². The molecule has 0 unspecified atom stereocenters. The number of anilines is 2. The predicted molar refractivity (Wildman–Crippen MR) is 122 cm³/mol. The molecule has 1 aromatic carbocycles. The molecule has 0 aliphatic carbocycles. The van der Waals surface area contributed by atoms with Gasteiger partial charge >= 0.3 is 18.2 Å². The Hall–Kier alpha value is -4.03. The molecule has 1 aliphatic rings. The number of benzene rings is 1. The number of para-hydroxylation sites is 1. The zero-order valence-corrected chi connectivity index (χ0v) is 18.9. The molecule has 0 radical (unpaired) electrons. The lowest BCUT2D eigenvalue weighted by atomic mass is 10.0. The van der Waals surface area contributed by atoms with Gasteiger partial charge in [0.1, 0.15) is 12.6 Å². The van der Waals surface area contributed by atoms with Gasteiger partial charge in [0, 0.05) is 29.9 Å². The highest BCUT2D eigenvalue weighted by Crippen LogP contribution is 2.32. The predicted octanol–water partition coefficient (Wildman–Crippen LogP) is 3.60. The van der Waals surface area contributed by atoms with Crippen LogP contribution >= 0.6 is 0 Å². The quantitative estimate of drug-likeness (QED) is 0.515. The summed E-state index contributed by atoms with van der Waals surface area (Å²) in [4.78, 5) is 39.5. The smallest absolute Gasteiger partial charge is 0.351 e. The van der Waals surface area contributed by atoms with Crippen molar-refractivity contribution >= 4 is 40.4 Å². The van der Waals surface area contributed by atoms with Crippen LogP contribution in [0.1, 0.15) is 20.3 Å². The molecule has 2 aromatic heterocycles. The molecule has 35 heavy (non-hydrogen) atoms. The third-order valence-corrected chi connectivity index (χ3v) is 6.15. The second-order valence-corrected chi connectivity index (χ2v) is 8.58. The Bertz CT molecular complexity index is 1280. The molecule has 4 amide bonds. The summed E-state index contributed by atoms with van der Waals surface area (Å²) in [6.07, 6.45) is -1.57. The number of nitrogens with zero attached hydrogens (tertiary/aromatic N) is 4. The first-order chi connectivity index (χ1) is 16.4. The van der Waals surface area contributed by atoms with Gasteiger partial charge in [-0.1, -0.05) is 25.1 Å². The Morgan fingerprint density at radius 2 is 1.86 bits per heavy atom. The lowest BCUT2D eigenvalue weighted by Crippen LogP contribution is -2.48. The Morgan fingerprint density at radius 3 is 2.54 bits per heavy atom. The van der Waals surface area contributed by atoms with Crippen LogP contribution in [0.5, 0.6) is 0 Å². The van der Waals surface area contributed by atoms with E-state index in [-0.39, 0.29) is 17.8 Å². The van der Waals surface area contributed by atoms with Crippen LogP contribution in [0.15, 0.2) is 42.7 Å². The fourth-order valence-electron chi connectivity index (χ4n) is 4.33. The van der Waals surface area contributed by atoms with E-state index >= 15 is 0 Å². The van der Waals surface area contributed by atoms with E-state index in [0.717, 1.165) is 6.20 Å². The molecule has 1 saturated heterocycles. The van der Waals surface area contributed by atoms with Crippen LogP contribution < -0.4 is 16.4 Å². The number of nitrogens with one attached hydrogen (secondary N) is 2. The van der Waals surface area contributed by atoms with Crippen molar-refractivity contribution in [3.05, 3.63) is 42.7 Å². The lowest BCUT2D eigenvalue weighted by Gasteiger charge is -2.28. The first kappa shape index (κ1) is 24.1. The first-order valence-electron chi connectivity index (χ1n) is 10.8. The Balaban J connectivity index is 1.53. The van der Waals surface area contributed by atoms with E-state index in [9.17, 15) is 27.6 Å². The van der Waals surface area contributed by atoms with Crippen molar-refractivity contribution in [3.8, 4) is 0 Å². The average Bonchev–Trinajstić information content (AvgIpc) is 3.44. The summed E-state index contributed by atoms with van der Waals surface area (Å²) in [5.74, 6) is -0.629. The van der Waals surface area contributed by atoms with Crippen molar-refractivity contribution in [1.82, 2.24) is 19.2 Å². The van der Waals surface area contributed by atoms with Gasteiger partial charge < -0.3 is 21.3 Å². The zero-order chi connectivity index (χ0) is 25.5. The van der Waals surface area contributed by atoms with Crippen molar-refractivity contribution in [2.75, 3.05) is 10.6 Å². The van der Waals surface area contributed by atoms with Crippen LogP contribution in [0.25, 0.3) is 10.9 Å². The summed E-state index contributed by atoms with van der Waals surface area (Å²) in [6.45, 7) is 2.42. The number of primary amides is 1. The number of hydrogen-bond donors (Lipinski definition) is 3. The third-order valence-electron chi connectivity index (χ3n) is 6.15. The normalized spacial score (nSPS) is 20.3. The summed E-state index contributed by atoms with van der Waals surface area (Å²) in [6, 6.07) is 5.69. The third kappa shape index (κ3) is 4.93. The van der Waals surface area contributed by atoms with Crippen molar-refractivity contribution in [3.63, 3.8) is 0 Å². The average molecular weight is 491 g/mol. The summed E-state index contributed by atoms with van der Waals surface area (Å²) >= 11 is 0. The molecule has 13 heteroatoms. The van der Waals surface area contributed by atoms with E-state index in [1.807, 2.05) is 13.8 Å². The Labute approximate surface area is 197 Å². The largest absolute Gasteiger partial charge is 0.408 e. The van der Waals surface area contributed by atoms with Gasteiger partial charge in [0.05, 0.1) is 11.2 Å².